The highest BCUT2D eigenvalue weighted by Gasteiger charge is 2.04. The molecule has 0 aromatic carbocycles. The number of nitrogens with two attached hydrogens (primary N) is 1. The van der Waals surface area contributed by atoms with Gasteiger partial charge in [0.05, 0.1) is 5.69 Å². The standard InChI is InChI=1S/C12H17N5O/c1-9-8-10-12(15-6-7-17(10)16-9)14-5-3-2-4-11(13)18/h6-8H,2-5H2,1H3,(H2,13,18)(H,14,15). The Labute approximate surface area is 105 Å². The van der Waals surface area contributed by atoms with E-state index >= 15 is 0 Å². The van der Waals surface area contributed by atoms with E-state index in [1.807, 2.05) is 19.2 Å². The summed E-state index contributed by atoms with van der Waals surface area (Å²) in [6.07, 6.45) is 5.65. The van der Waals surface area contributed by atoms with Gasteiger partial charge in [-0.1, -0.05) is 0 Å². The monoisotopic (exact) mass is 247 g/mol. The Balaban J connectivity index is 1.93. The van der Waals surface area contributed by atoms with Crippen LogP contribution < -0.4 is 11.1 Å². The molecule has 1 amide bonds. The Bertz CT molecular complexity index is 548. The molecule has 0 spiro atoms. The highest BCUT2D eigenvalue weighted by Crippen LogP contribution is 2.14. The van der Waals surface area contributed by atoms with Gasteiger partial charge >= 0.3 is 0 Å². The second-order valence-electron chi connectivity index (χ2n) is 4.24. The fraction of sp³-hybridized carbons (Fsp3) is 0.417. The van der Waals surface area contributed by atoms with Crippen LogP contribution >= 0.6 is 0 Å². The summed E-state index contributed by atoms with van der Waals surface area (Å²) in [6, 6.07) is 1.98. The van der Waals surface area contributed by atoms with Crippen molar-refractivity contribution in [1.29, 1.82) is 0 Å². The zero-order valence-corrected chi connectivity index (χ0v) is 10.4. The molecule has 0 aliphatic rings. The summed E-state index contributed by atoms with van der Waals surface area (Å²) in [7, 11) is 0. The van der Waals surface area contributed by atoms with Crippen LogP contribution in [0, 0.1) is 6.92 Å². The van der Waals surface area contributed by atoms with Crippen LogP contribution in [0.15, 0.2) is 18.5 Å². The van der Waals surface area contributed by atoms with Gasteiger partial charge in [-0.25, -0.2) is 9.50 Å². The molecule has 0 bridgehead atoms. The third-order valence-corrected chi connectivity index (χ3v) is 2.65. The van der Waals surface area contributed by atoms with E-state index in [0.29, 0.717) is 6.42 Å². The average molecular weight is 247 g/mol. The fourth-order valence-electron chi connectivity index (χ4n) is 1.81. The number of aromatic nitrogens is 3. The van der Waals surface area contributed by atoms with E-state index in [1.165, 1.54) is 0 Å². The predicted molar refractivity (Wildman–Crippen MR) is 69.3 cm³/mol. The number of nitrogens with one attached hydrogen (secondary N) is 1. The van der Waals surface area contributed by atoms with E-state index in [4.69, 9.17) is 5.73 Å². The van der Waals surface area contributed by atoms with Gasteiger partial charge in [0, 0.05) is 25.4 Å². The molecule has 2 heterocycles. The van der Waals surface area contributed by atoms with Gasteiger partial charge < -0.3 is 11.1 Å². The molecule has 6 nitrogen and oxygen atoms in total. The van der Waals surface area contributed by atoms with E-state index in [9.17, 15) is 4.79 Å². The maximum Gasteiger partial charge on any atom is 0.217 e. The molecule has 0 radical (unpaired) electrons. The van der Waals surface area contributed by atoms with Crippen molar-refractivity contribution < 1.29 is 4.79 Å². The van der Waals surface area contributed by atoms with Gasteiger partial charge in [0.25, 0.3) is 0 Å². The van der Waals surface area contributed by atoms with Gasteiger partial charge in [-0.2, -0.15) is 5.10 Å². The van der Waals surface area contributed by atoms with E-state index in [1.54, 1.807) is 10.7 Å². The number of rotatable bonds is 6. The fourth-order valence-corrected chi connectivity index (χ4v) is 1.81. The SMILES string of the molecule is Cc1cc2c(NCCCCC(N)=O)nccn2n1. The number of carbonyl (C=O) groups is 1. The number of hydrogen-bond donors (Lipinski definition) is 2. The molecule has 0 aliphatic heterocycles. The number of primary amides is 1. The number of anilines is 1. The van der Waals surface area contributed by atoms with Crippen molar-refractivity contribution in [2.75, 3.05) is 11.9 Å². The van der Waals surface area contributed by atoms with Crippen LogP contribution in [0.2, 0.25) is 0 Å². The number of aryl methyl sites for hydroxylation is 1. The number of carbonyl (C=O) groups excluding carboxylic acids is 1. The molecule has 0 unspecified atom stereocenters. The first-order valence-corrected chi connectivity index (χ1v) is 6.00. The van der Waals surface area contributed by atoms with Gasteiger partial charge in [-0.15, -0.1) is 0 Å². The second-order valence-corrected chi connectivity index (χ2v) is 4.24. The van der Waals surface area contributed by atoms with Crippen molar-refractivity contribution in [3.05, 3.63) is 24.2 Å². The number of hydrogen-bond acceptors (Lipinski definition) is 4. The minimum Gasteiger partial charge on any atom is -0.370 e. The summed E-state index contributed by atoms with van der Waals surface area (Å²) in [5.41, 5.74) is 7.00. The zero-order valence-electron chi connectivity index (χ0n) is 10.4. The van der Waals surface area contributed by atoms with Crippen molar-refractivity contribution in [2.24, 2.45) is 5.73 Å². The molecule has 0 saturated carbocycles. The molecule has 0 fully saturated rings. The lowest BCUT2D eigenvalue weighted by atomic mass is 10.2. The van der Waals surface area contributed by atoms with Crippen molar-refractivity contribution in [1.82, 2.24) is 14.6 Å². The first-order chi connectivity index (χ1) is 8.66. The quantitative estimate of drug-likeness (QED) is 0.749. The lowest BCUT2D eigenvalue weighted by Gasteiger charge is -2.06. The first kappa shape index (κ1) is 12.3. The minimum absolute atomic E-state index is 0.248. The molecule has 6 heteroatoms. The molecule has 2 aromatic heterocycles. The highest BCUT2D eigenvalue weighted by atomic mass is 16.1. The number of unbranched alkanes of at least 4 members (excludes halogenated alkanes) is 1. The van der Waals surface area contributed by atoms with Crippen LogP contribution in [0.1, 0.15) is 25.0 Å². The van der Waals surface area contributed by atoms with Gasteiger partial charge in [0.1, 0.15) is 5.52 Å². The molecule has 0 saturated heterocycles. The Morgan fingerprint density at radius 3 is 3.11 bits per heavy atom. The van der Waals surface area contributed by atoms with E-state index in [2.05, 4.69) is 15.4 Å². The van der Waals surface area contributed by atoms with E-state index in [0.717, 1.165) is 36.4 Å². The molecular formula is C12H17N5O. The first-order valence-electron chi connectivity index (χ1n) is 6.00. The third kappa shape index (κ3) is 2.97. The average Bonchev–Trinajstić information content (AvgIpc) is 2.69. The third-order valence-electron chi connectivity index (χ3n) is 2.65. The van der Waals surface area contributed by atoms with Crippen LogP contribution in [0.4, 0.5) is 5.82 Å². The van der Waals surface area contributed by atoms with Crippen molar-refractivity contribution >= 4 is 17.2 Å². The smallest absolute Gasteiger partial charge is 0.217 e. The molecule has 2 aromatic rings. The zero-order chi connectivity index (χ0) is 13.0. The van der Waals surface area contributed by atoms with Crippen molar-refractivity contribution in [2.45, 2.75) is 26.2 Å². The second kappa shape index (κ2) is 5.48. The maximum absolute atomic E-state index is 10.6. The molecule has 2 rings (SSSR count). The summed E-state index contributed by atoms with van der Waals surface area (Å²) < 4.78 is 1.80. The molecule has 3 N–H and O–H groups in total. The molecule has 0 aliphatic carbocycles. The van der Waals surface area contributed by atoms with Crippen LogP contribution in [-0.4, -0.2) is 27.0 Å². The van der Waals surface area contributed by atoms with Crippen LogP contribution in [0.25, 0.3) is 5.52 Å². The van der Waals surface area contributed by atoms with Crippen LogP contribution in [0.5, 0.6) is 0 Å². The van der Waals surface area contributed by atoms with E-state index < -0.39 is 0 Å². The normalized spacial score (nSPS) is 10.7. The Morgan fingerprint density at radius 2 is 2.33 bits per heavy atom. The van der Waals surface area contributed by atoms with Crippen molar-refractivity contribution in [3.8, 4) is 0 Å². The summed E-state index contributed by atoms with van der Waals surface area (Å²) in [6.45, 7) is 2.72. The maximum atomic E-state index is 10.6. The Hall–Kier alpha value is -2.11. The largest absolute Gasteiger partial charge is 0.370 e. The summed E-state index contributed by atoms with van der Waals surface area (Å²) in [5.74, 6) is 0.568. The Morgan fingerprint density at radius 1 is 1.50 bits per heavy atom. The molecule has 0 atom stereocenters. The van der Waals surface area contributed by atoms with Gasteiger partial charge in [-0.3, -0.25) is 4.79 Å². The number of nitrogens with zero attached hydrogens (tertiary/aromatic N) is 3. The topological polar surface area (TPSA) is 85.3 Å². The predicted octanol–water partition coefficient (Wildman–Crippen LogP) is 1.11. The number of amides is 1. The lowest BCUT2D eigenvalue weighted by molar-refractivity contribution is -0.118. The number of fused-ring (bicyclic) bond motifs is 1. The van der Waals surface area contributed by atoms with Gasteiger partial charge in [-0.05, 0) is 25.8 Å². The van der Waals surface area contributed by atoms with Crippen LogP contribution in [-0.2, 0) is 4.79 Å². The minimum atomic E-state index is -0.248. The summed E-state index contributed by atoms with van der Waals surface area (Å²) in [4.78, 5) is 14.9. The summed E-state index contributed by atoms with van der Waals surface area (Å²) in [5, 5.41) is 7.57. The van der Waals surface area contributed by atoms with Gasteiger partial charge in [0.15, 0.2) is 5.82 Å². The lowest BCUT2D eigenvalue weighted by Crippen LogP contribution is -2.11. The molecular weight excluding hydrogens is 230 g/mol. The summed E-state index contributed by atoms with van der Waals surface area (Å²) >= 11 is 0. The van der Waals surface area contributed by atoms with Crippen LogP contribution in [0.3, 0.4) is 0 Å². The Kier molecular flexibility index (Phi) is 3.76. The highest BCUT2D eigenvalue weighted by molar-refractivity contribution is 5.73. The van der Waals surface area contributed by atoms with Gasteiger partial charge in [0.2, 0.25) is 5.91 Å². The molecule has 96 valence electrons. The molecule has 18 heavy (non-hydrogen) atoms. The van der Waals surface area contributed by atoms with Crippen molar-refractivity contribution in [3.63, 3.8) is 0 Å². The van der Waals surface area contributed by atoms with E-state index in [-0.39, 0.29) is 5.91 Å².